The Kier molecular flexibility index (Phi) is 10.1. The fourth-order valence-corrected chi connectivity index (χ4v) is 5.04. The molecule has 0 radical (unpaired) electrons. The molecule has 1 heterocycles. The summed E-state index contributed by atoms with van der Waals surface area (Å²) in [6.07, 6.45) is -1.67. The molecular weight excluding hydrogens is 584 g/mol. The summed E-state index contributed by atoms with van der Waals surface area (Å²) in [7, 11) is 0. The Morgan fingerprint density at radius 2 is 1.59 bits per heavy atom. The predicted molar refractivity (Wildman–Crippen MR) is 153 cm³/mol. The van der Waals surface area contributed by atoms with Crippen LogP contribution in [0.15, 0.2) is 48.5 Å². The quantitative estimate of drug-likeness (QED) is 0.201. The first-order valence-corrected chi connectivity index (χ1v) is 14.2. The number of nitrogens with zero attached hydrogens (tertiary/aromatic N) is 1. The lowest BCUT2D eigenvalue weighted by Gasteiger charge is -2.33. The third-order valence-electron chi connectivity index (χ3n) is 7.24. The van der Waals surface area contributed by atoms with Crippen molar-refractivity contribution in [3.05, 3.63) is 77.4 Å². The van der Waals surface area contributed by atoms with Gasteiger partial charge in [-0.25, -0.2) is 8.78 Å². The third kappa shape index (κ3) is 7.85. The molecule has 0 bridgehead atoms. The van der Waals surface area contributed by atoms with Crippen LogP contribution in [0.3, 0.4) is 0 Å². The number of ether oxygens (including phenoxy) is 2. The number of benzene rings is 3. The van der Waals surface area contributed by atoms with Gasteiger partial charge in [-0.1, -0.05) is 36.4 Å². The number of amides is 2. The molecule has 2 atom stereocenters. The van der Waals surface area contributed by atoms with Crippen molar-refractivity contribution in [2.45, 2.75) is 57.8 Å². The van der Waals surface area contributed by atoms with E-state index in [9.17, 15) is 37.1 Å². The summed E-state index contributed by atoms with van der Waals surface area (Å²) in [6.45, 7) is 4.51. The van der Waals surface area contributed by atoms with E-state index < -0.39 is 77.6 Å². The number of hydrogen-bond donors (Lipinski definition) is 2. The Morgan fingerprint density at radius 3 is 2.23 bits per heavy atom. The molecule has 1 unspecified atom stereocenters. The van der Waals surface area contributed by atoms with E-state index in [2.05, 4.69) is 5.32 Å². The normalized spacial score (nSPS) is 15.5. The van der Waals surface area contributed by atoms with Crippen LogP contribution in [0.5, 0.6) is 5.75 Å². The van der Waals surface area contributed by atoms with Crippen LogP contribution in [0.4, 0.5) is 17.6 Å². The molecule has 3 aromatic carbocycles. The van der Waals surface area contributed by atoms with Crippen LogP contribution in [0.2, 0.25) is 0 Å². The topological polar surface area (TPSA) is 105 Å². The van der Waals surface area contributed by atoms with Gasteiger partial charge in [-0.3, -0.25) is 14.4 Å². The zero-order valence-electron chi connectivity index (χ0n) is 24.5. The Morgan fingerprint density at radius 1 is 0.977 bits per heavy atom. The van der Waals surface area contributed by atoms with Gasteiger partial charge in [0.15, 0.2) is 17.4 Å². The number of piperidine rings is 1. The van der Waals surface area contributed by atoms with Gasteiger partial charge < -0.3 is 24.8 Å². The second-order valence-corrected chi connectivity index (χ2v) is 11.7. The predicted octanol–water partition coefficient (Wildman–Crippen LogP) is 4.90. The van der Waals surface area contributed by atoms with Gasteiger partial charge in [-0.15, -0.1) is 0 Å². The fraction of sp³-hybridized carbons (Fsp3) is 0.406. The van der Waals surface area contributed by atoms with Gasteiger partial charge >= 0.3 is 5.97 Å². The minimum atomic E-state index is -1.80. The van der Waals surface area contributed by atoms with Crippen LogP contribution in [0.1, 0.15) is 50.4 Å². The molecule has 0 saturated carbocycles. The van der Waals surface area contributed by atoms with Crippen LogP contribution in [-0.4, -0.2) is 65.2 Å². The molecule has 1 aliphatic rings. The van der Waals surface area contributed by atoms with Crippen molar-refractivity contribution >= 4 is 28.6 Å². The first kappa shape index (κ1) is 32.7. The molecule has 0 spiro atoms. The highest BCUT2D eigenvalue weighted by molar-refractivity contribution is 6.07. The van der Waals surface area contributed by atoms with E-state index in [1.165, 1.54) is 0 Å². The van der Waals surface area contributed by atoms with Crippen molar-refractivity contribution in [3.63, 3.8) is 0 Å². The van der Waals surface area contributed by atoms with Crippen LogP contribution >= 0.6 is 0 Å². The average Bonchev–Trinajstić information content (AvgIpc) is 2.98. The smallest absolute Gasteiger partial charge is 0.308 e. The van der Waals surface area contributed by atoms with Crippen LogP contribution < -0.4 is 10.1 Å². The fourth-order valence-electron chi connectivity index (χ4n) is 5.04. The van der Waals surface area contributed by atoms with E-state index in [1.807, 2.05) is 36.4 Å². The maximum Gasteiger partial charge on any atom is 0.308 e. The van der Waals surface area contributed by atoms with Crippen LogP contribution in [0.25, 0.3) is 10.8 Å². The Balaban J connectivity index is 1.42. The number of hydrogen-bond acceptors (Lipinski definition) is 6. The maximum atomic E-state index is 14.1. The molecule has 1 saturated heterocycles. The standard InChI is InChI=1S/C32H34F4N2O6/c1-32(2,3)44-26(40)16-24(25(39)17-43-29-27(35)22(33)15-23(34)28(29)36)37-30(41)19-11-13-38(14-12-19)31(42)21-10-6-8-18-7-4-5-9-20(18)21/h4-10,15,19,24-25,39H,11-14,16-17H2,1-3H3,(H,37,41)/t24-,25?/m0/s1. The highest BCUT2D eigenvalue weighted by Crippen LogP contribution is 2.27. The van der Waals surface area contributed by atoms with E-state index in [4.69, 9.17) is 9.47 Å². The van der Waals surface area contributed by atoms with Crippen molar-refractivity contribution in [3.8, 4) is 5.75 Å². The van der Waals surface area contributed by atoms with Gasteiger partial charge in [0.05, 0.1) is 12.5 Å². The molecular formula is C32H34F4N2O6. The molecule has 1 aliphatic heterocycles. The van der Waals surface area contributed by atoms with Crippen molar-refractivity contribution in [1.29, 1.82) is 0 Å². The number of aliphatic hydroxyl groups excluding tert-OH is 1. The lowest BCUT2D eigenvalue weighted by atomic mass is 9.94. The first-order valence-electron chi connectivity index (χ1n) is 14.2. The Bertz CT molecular complexity index is 1500. The van der Waals surface area contributed by atoms with Gasteiger partial charge in [-0.2, -0.15) is 8.78 Å². The van der Waals surface area contributed by atoms with E-state index >= 15 is 0 Å². The SMILES string of the molecule is CC(C)(C)OC(=O)C[C@H](NC(=O)C1CCN(C(=O)c2cccc3ccccc23)CC1)C(O)COc1c(F)c(F)cc(F)c1F. The number of carbonyl (C=O) groups is 3. The molecule has 0 aromatic heterocycles. The molecule has 44 heavy (non-hydrogen) atoms. The van der Waals surface area contributed by atoms with E-state index in [0.717, 1.165) is 10.8 Å². The zero-order valence-corrected chi connectivity index (χ0v) is 24.5. The van der Waals surface area contributed by atoms with Crippen LogP contribution in [0, 0.1) is 29.2 Å². The minimum Gasteiger partial charge on any atom is -0.485 e. The second kappa shape index (κ2) is 13.6. The number of carbonyl (C=O) groups excluding carboxylic acids is 3. The number of aliphatic hydroxyl groups is 1. The molecule has 0 aliphatic carbocycles. The van der Waals surface area contributed by atoms with Gasteiger partial charge in [0.2, 0.25) is 17.5 Å². The molecule has 3 aromatic rings. The number of fused-ring (bicyclic) bond motifs is 1. The highest BCUT2D eigenvalue weighted by Gasteiger charge is 2.33. The number of halogens is 4. The first-order chi connectivity index (χ1) is 20.7. The molecule has 8 nitrogen and oxygen atoms in total. The van der Waals surface area contributed by atoms with Gasteiger partial charge in [0.1, 0.15) is 18.3 Å². The van der Waals surface area contributed by atoms with Crippen molar-refractivity contribution < 1.29 is 46.5 Å². The average molecular weight is 619 g/mol. The molecule has 12 heteroatoms. The minimum absolute atomic E-state index is 0.0143. The van der Waals surface area contributed by atoms with E-state index in [0.29, 0.717) is 18.4 Å². The van der Waals surface area contributed by atoms with Crippen molar-refractivity contribution in [2.24, 2.45) is 5.92 Å². The maximum absolute atomic E-state index is 14.1. The number of likely N-dealkylation sites (tertiary alicyclic amines) is 1. The lowest BCUT2D eigenvalue weighted by Crippen LogP contribution is -2.51. The zero-order chi connectivity index (χ0) is 32.2. The Hall–Kier alpha value is -4.19. The summed E-state index contributed by atoms with van der Waals surface area (Å²) in [5, 5.41) is 15.1. The Labute approximate surface area is 251 Å². The third-order valence-corrected chi connectivity index (χ3v) is 7.24. The summed E-state index contributed by atoms with van der Waals surface area (Å²) in [5.41, 5.74) is -0.334. The van der Waals surface area contributed by atoms with Crippen molar-refractivity contribution in [2.75, 3.05) is 19.7 Å². The number of nitrogens with one attached hydrogen (secondary N) is 1. The highest BCUT2D eigenvalue weighted by atomic mass is 19.2. The molecule has 1 fully saturated rings. The summed E-state index contributed by atoms with van der Waals surface area (Å²) in [6, 6.07) is 11.7. The summed E-state index contributed by atoms with van der Waals surface area (Å²) < 4.78 is 65.4. The number of esters is 1. The molecule has 236 valence electrons. The van der Waals surface area contributed by atoms with Gasteiger partial charge in [0, 0.05) is 30.6 Å². The molecule has 2 N–H and O–H groups in total. The van der Waals surface area contributed by atoms with E-state index in [1.54, 1.807) is 31.7 Å². The largest absolute Gasteiger partial charge is 0.485 e. The lowest BCUT2D eigenvalue weighted by molar-refractivity contribution is -0.156. The molecule has 2 amide bonds. The second-order valence-electron chi connectivity index (χ2n) is 11.7. The van der Waals surface area contributed by atoms with Gasteiger partial charge in [-0.05, 0) is 50.5 Å². The summed E-state index contributed by atoms with van der Waals surface area (Å²) in [4.78, 5) is 40.8. The van der Waals surface area contributed by atoms with Crippen molar-refractivity contribution in [1.82, 2.24) is 10.2 Å². The monoisotopic (exact) mass is 618 g/mol. The number of rotatable bonds is 9. The van der Waals surface area contributed by atoms with Gasteiger partial charge in [0.25, 0.3) is 5.91 Å². The van der Waals surface area contributed by atoms with E-state index in [-0.39, 0.29) is 25.1 Å². The summed E-state index contributed by atoms with van der Waals surface area (Å²) >= 11 is 0. The molecule has 4 rings (SSSR count). The van der Waals surface area contributed by atoms with Crippen LogP contribution in [-0.2, 0) is 14.3 Å². The summed E-state index contributed by atoms with van der Waals surface area (Å²) in [5.74, 6) is -10.4.